The zero-order valence-electron chi connectivity index (χ0n) is 8.26. The van der Waals surface area contributed by atoms with Crippen molar-refractivity contribution in [1.82, 2.24) is 15.3 Å². The van der Waals surface area contributed by atoms with Crippen LogP contribution in [0.3, 0.4) is 0 Å². The zero-order valence-corrected chi connectivity index (χ0v) is 8.26. The van der Waals surface area contributed by atoms with Crippen molar-refractivity contribution < 1.29 is 19.0 Å². The van der Waals surface area contributed by atoms with Crippen LogP contribution in [0.1, 0.15) is 6.42 Å². The van der Waals surface area contributed by atoms with E-state index >= 15 is 0 Å². The summed E-state index contributed by atoms with van der Waals surface area (Å²) in [6.45, 7) is 0.414. The standard InChI is InChI=1S/C9H10FN3O3/c10-5-2-12-9(13-3-5)16-6-1-7(8(14)15)11-4-6/h2-3,6-7,11H,1,4H2,(H,14,15). The summed E-state index contributed by atoms with van der Waals surface area (Å²) in [4.78, 5) is 17.9. The summed E-state index contributed by atoms with van der Waals surface area (Å²) in [5.74, 6) is -1.45. The van der Waals surface area contributed by atoms with Crippen LogP contribution in [0.2, 0.25) is 0 Å². The number of carboxylic acid groups (broad SMARTS) is 1. The zero-order chi connectivity index (χ0) is 11.5. The molecule has 0 amide bonds. The molecule has 0 radical (unpaired) electrons. The van der Waals surface area contributed by atoms with E-state index in [-0.39, 0.29) is 12.1 Å². The molecular formula is C9H10FN3O3. The van der Waals surface area contributed by atoms with Gasteiger partial charge in [-0.25, -0.2) is 14.4 Å². The summed E-state index contributed by atoms with van der Waals surface area (Å²) in [7, 11) is 0. The third-order valence-corrected chi connectivity index (χ3v) is 2.26. The monoisotopic (exact) mass is 227 g/mol. The number of nitrogens with one attached hydrogen (secondary N) is 1. The maximum absolute atomic E-state index is 12.5. The van der Waals surface area contributed by atoms with Crippen molar-refractivity contribution in [2.24, 2.45) is 0 Å². The smallest absolute Gasteiger partial charge is 0.320 e. The number of nitrogens with zero attached hydrogens (tertiary/aromatic N) is 2. The fourth-order valence-corrected chi connectivity index (χ4v) is 1.49. The molecule has 2 N–H and O–H groups in total. The van der Waals surface area contributed by atoms with E-state index in [0.717, 1.165) is 12.4 Å². The number of halogens is 1. The predicted molar refractivity (Wildman–Crippen MR) is 50.4 cm³/mol. The molecule has 2 unspecified atom stereocenters. The largest absolute Gasteiger partial charge is 0.480 e. The molecule has 1 fully saturated rings. The Balaban J connectivity index is 1.92. The second kappa shape index (κ2) is 4.40. The van der Waals surface area contributed by atoms with Crippen LogP contribution in [0.5, 0.6) is 6.01 Å². The molecular weight excluding hydrogens is 217 g/mol. The molecule has 16 heavy (non-hydrogen) atoms. The van der Waals surface area contributed by atoms with Crippen LogP contribution in [-0.2, 0) is 4.79 Å². The summed E-state index contributed by atoms with van der Waals surface area (Å²) < 4.78 is 17.8. The molecule has 1 aromatic rings. The lowest BCUT2D eigenvalue weighted by Gasteiger charge is -2.09. The van der Waals surface area contributed by atoms with Crippen LogP contribution < -0.4 is 10.1 Å². The molecule has 7 heteroatoms. The molecule has 0 bridgehead atoms. The molecule has 1 aliphatic heterocycles. The minimum Gasteiger partial charge on any atom is -0.480 e. The molecule has 6 nitrogen and oxygen atoms in total. The van der Waals surface area contributed by atoms with E-state index in [1.54, 1.807) is 0 Å². The topological polar surface area (TPSA) is 84.3 Å². The van der Waals surface area contributed by atoms with Crippen molar-refractivity contribution in [3.05, 3.63) is 18.2 Å². The summed E-state index contributed by atoms with van der Waals surface area (Å²) in [5, 5.41) is 11.5. The number of rotatable bonds is 3. The molecule has 0 spiro atoms. The molecule has 0 saturated carbocycles. The Morgan fingerprint density at radius 1 is 1.56 bits per heavy atom. The Morgan fingerprint density at radius 3 is 2.81 bits per heavy atom. The van der Waals surface area contributed by atoms with Crippen molar-refractivity contribution in [3.63, 3.8) is 0 Å². The number of carboxylic acids is 1. The van der Waals surface area contributed by atoms with Crippen molar-refractivity contribution in [2.75, 3.05) is 6.54 Å². The van der Waals surface area contributed by atoms with Gasteiger partial charge in [0.2, 0.25) is 0 Å². The highest BCUT2D eigenvalue weighted by atomic mass is 19.1. The Labute approximate surface area is 90.5 Å². The molecule has 2 heterocycles. The van der Waals surface area contributed by atoms with Gasteiger partial charge < -0.3 is 15.2 Å². The lowest BCUT2D eigenvalue weighted by Crippen LogP contribution is -2.30. The lowest BCUT2D eigenvalue weighted by molar-refractivity contribution is -0.139. The average Bonchev–Trinajstić information content (AvgIpc) is 2.70. The first-order chi connectivity index (χ1) is 7.65. The first kappa shape index (κ1) is 10.7. The van der Waals surface area contributed by atoms with E-state index < -0.39 is 17.8 Å². The number of aromatic nitrogens is 2. The average molecular weight is 227 g/mol. The van der Waals surface area contributed by atoms with Gasteiger partial charge in [-0.15, -0.1) is 0 Å². The normalized spacial score (nSPS) is 24.3. The van der Waals surface area contributed by atoms with Gasteiger partial charge in [-0.2, -0.15) is 0 Å². The fourth-order valence-electron chi connectivity index (χ4n) is 1.49. The second-order valence-electron chi connectivity index (χ2n) is 3.46. The van der Waals surface area contributed by atoms with Gasteiger partial charge in [-0.05, 0) is 0 Å². The molecule has 1 aliphatic rings. The summed E-state index contributed by atoms with van der Waals surface area (Å²) >= 11 is 0. The van der Waals surface area contributed by atoms with E-state index in [0.29, 0.717) is 13.0 Å². The molecule has 2 rings (SSSR count). The van der Waals surface area contributed by atoms with Crippen molar-refractivity contribution in [1.29, 1.82) is 0 Å². The predicted octanol–water partition coefficient (Wildman–Crippen LogP) is -0.190. The second-order valence-corrected chi connectivity index (χ2v) is 3.46. The Bertz CT molecular complexity index is 384. The van der Waals surface area contributed by atoms with Crippen molar-refractivity contribution in [3.8, 4) is 6.01 Å². The van der Waals surface area contributed by atoms with Gasteiger partial charge in [0, 0.05) is 13.0 Å². The van der Waals surface area contributed by atoms with Gasteiger partial charge in [0.05, 0.1) is 12.4 Å². The third kappa shape index (κ3) is 2.43. The Morgan fingerprint density at radius 2 is 2.25 bits per heavy atom. The minimum absolute atomic E-state index is 0.0549. The first-order valence-electron chi connectivity index (χ1n) is 4.75. The van der Waals surface area contributed by atoms with E-state index in [1.807, 2.05) is 0 Å². The SMILES string of the molecule is O=C(O)C1CC(Oc2ncc(F)cn2)CN1. The van der Waals surface area contributed by atoms with E-state index in [1.165, 1.54) is 0 Å². The Hall–Kier alpha value is -1.76. The molecule has 0 aliphatic carbocycles. The lowest BCUT2D eigenvalue weighted by atomic mass is 10.2. The molecule has 86 valence electrons. The first-order valence-corrected chi connectivity index (χ1v) is 4.75. The van der Waals surface area contributed by atoms with Gasteiger partial charge in [0.15, 0.2) is 5.82 Å². The van der Waals surface area contributed by atoms with Crippen LogP contribution in [0.4, 0.5) is 4.39 Å². The summed E-state index contributed by atoms with van der Waals surface area (Å²) in [6, 6.07) is -0.551. The molecule has 2 atom stereocenters. The number of ether oxygens (including phenoxy) is 1. The van der Waals surface area contributed by atoms with Gasteiger partial charge in [0.1, 0.15) is 12.1 Å². The number of hydrogen-bond donors (Lipinski definition) is 2. The van der Waals surface area contributed by atoms with Gasteiger partial charge in [-0.3, -0.25) is 4.79 Å². The molecule has 0 aromatic carbocycles. The van der Waals surface area contributed by atoms with Crippen LogP contribution in [0, 0.1) is 5.82 Å². The number of carbonyl (C=O) groups is 1. The van der Waals surface area contributed by atoms with Crippen LogP contribution in [0.25, 0.3) is 0 Å². The highest BCUT2D eigenvalue weighted by Gasteiger charge is 2.30. The van der Waals surface area contributed by atoms with E-state index in [4.69, 9.17) is 9.84 Å². The van der Waals surface area contributed by atoms with Gasteiger partial charge in [-0.1, -0.05) is 0 Å². The molecule has 1 aromatic heterocycles. The maximum atomic E-state index is 12.5. The summed E-state index contributed by atoms with van der Waals surface area (Å²) in [6.07, 6.45) is 2.04. The highest BCUT2D eigenvalue weighted by Crippen LogP contribution is 2.13. The molecule has 1 saturated heterocycles. The van der Waals surface area contributed by atoms with Crippen LogP contribution >= 0.6 is 0 Å². The quantitative estimate of drug-likeness (QED) is 0.744. The fraction of sp³-hybridized carbons (Fsp3) is 0.444. The van der Waals surface area contributed by atoms with E-state index in [2.05, 4.69) is 15.3 Å². The van der Waals surface area contributed by atoms with Gasteiger partial charge >= 0.3 is 12.0 Å². The Kier molecular flexibility index (Phi) is 2.95. The van der Waals surface area contributed by atoms with Crippen molar-refractivity contribution >= 4 is 5.97 Å². The maximum Gasteiger partial charge on any atom is 0.320 e. The number of aliphatic carboxylic acids is 1. The third-order valence-electron chi connectivity index (χ3n) is 2.26. The number of hydrogen-bond acceptors (Lipinski definition) is 5. The van der Waals surface area contributed by atoms with Crippen LogP contribution in [0.15, 0.2) is 12.4 Å². The minimum atomic E-state index is -0.911. The van der Waals surface area contributed by atoms with Crippen LogP contribution in [-0.4, -0.2) is 39.7 Å². The van der Waals surface area contributed by atoms with E-state index in [9.17, 15) is 9.18 Å². The van der Waals surface area contributed by atoms with Crippen molar-refractivity contribution in [2.45, 2.75) is 18.6 Å². The van der Waals surface area contributed by atoms with Gasteiger partial charge in [0.25, 0.3) is 0 Å². The summed E-state index contributed by atoms with van der Waals surface area (Å²) in [5.41, 5.74) is 0. The highest BCUT2D eigenvalue weighted by molar-refractivity contribution is 5.73.